The molecule has 0 unspecified atom stereocenters. The zero-order chi connectivity index (χ0) is 19.3. The normalized spacial score (nSPS) is 14.1. The maximum Gasteiger partial charge on any atom is 0.281 e. The van der Waals surface area contributed by atoms with Gasteiger partial charge in [-0.3, -0.25) is 4.79 Å². The fourth-order valence-electron chi connectivity index (χ4n) is 3.74. The van der Waals surface area contributed by atoms with Crippen molar-refractivity contribution in [3.63, 3.8) is 0 Å². The molecule has 1 aliphatic heterocycles. The largest absolute Gasteiger partial charge is 0.504 e. The van der Waals surface area contributed by atoms with Crippen LogP contribution in [0.5, 0.6) is 11.5 Å². The van der Waals surface area contributed by atoms with Crippen LogP contribution in [0, 0.1) is 0 Å². The molecular weight excluding hydrogens is 352 g/mol. The van der Waals surface area contributed by atoms with E-state index in [0.29, 0.717) is 23.3 Å². The van der Waals surface area contributed by atoms with Gasteiger partial charge in [0.2, 0.25) is 0 Å². The van der Waals surface area contributed by atoms with Crippen LogP contribution in [0.25, 0.3) is 22.6 Å². The van der Waals surface area contributed by atoms with Crippen LogP contribution < -0.4 is 5.56 Å². The number of nitrogens with zero attached hydrogens (tertiary/aromatic N) is 2. The average molecular weight is 368 g/mol. The lowest BCUT2D eigenvalue weighted by Crippen LogP contribution is -2.23. The van der Waals surface area contributed by atoms with Gasteiger partial charge in [-0.1, -0.05) is 42.5 Å². The number of para-hydroxylation sites is 1. The number of aromatic nitrogens is 2. The Kier molecular flexibility index (Phi) is 3.55. The third kappa shape index (κ3) is 2.48. The standard InChI is InChI=1S/C23H16N2O3/c26-20-10-9-14(12-21(20)27)11-18-16-6-2-1-5-15(16)13-25-19-8-4-3-7-17(19)23(28)24-22(18)25/h1-12,26-27H,13H2. The molecule has 0 atom stereocenters. The number of benzene rings is 3. The van der Waals surface area contributed by atoms with Crippen molar-refractivity contribution in [1.82, 2.24) is 9.55 Å². The molecule has 1 aromatic heterocycles. The molecule has 4 aromatic rings. The van der Waals surface area contributed by atoms with E-state index in [9.17, 15) is 15.0 Å². The number of hydrogen-bond donors (Lipinski definition) is 2. The fourth-order valence-corrected chi connectivity index (χ4v) is 3.74. The molecule has 0 spiro atoms. The van der Waals surface area contributed by atoms with Crippen molar-refractivity contribution in [3.8, 4) is 11.5 Å². The van der Waals surface area contributed by atoms with Crippen LogP contribution in [-0.2, 0) is 6.54 Å². The second-order valence-corrected chi connectivity index (χ2v) is 6.81. The highest BCUT2D eigenvalue weighted by Crippen LogP contribution is 2.35. The van der Waals surface area contributed by atoms with Gasteiger partial charge in [0.05, 0.1) is 17.4 Å². The lowest BCUT2D eigenvalue weighted by atomic mass is 9.93. The van der Waals surface area contributed by atoms with E-state index in [2.05, 4.69) is 11.1 Å². The molecule has 2 N–H and O–H groups in total. The fraction of sp³-hybridized carbons (Fsp3) is 0.0435. The molecule has 0 radical (unpaired) electrons. The highest BCUT2D eigenvalue weighted by molar-refractivity contribution is 5.93. The molecular formula is C23H16N2O3. The first-order chi connectivity index (χ1) is 13.6. The summed E-state index contributed by atoms with van der Waals surface area (Å²) < 4.78 is 2.05. The minimum absolute atomic E-state index is 0.174. The zero-order valence-electron chi connectivity index (χ0n) is 14.8. The lowest BCUT2D eigenvalue weighted by molar-refractivity contribution is 0.403. The summed E-state index contributed by atoms with van der Waals surface area (Å²) in [7, 11) is 0. The molecule has 0 saturated heterocycles. The van der Waals surface area contributed by atoms with E-state index in [1.165, 1.54) is 12.1 Å². The van der Waals surface area contributed by atoms with Gasteiger partial charge in [-0.25, -0.2) is 0 Å². The van der Waals surface area contributed by atoms with Gasteiger partial charge in [0, 0.05) is 5.57 Å². The summed E-state index contributed by atoms with van der Waals surface area (Å²) in [4.78, 5) is 17.0. The van der Waals surface area contributed by atoms with Gasteiger partial charge in [-0.2, -0.15) is 4.98 Å². The van der Waals surface area contributed by atoms with E-state index >= 15 is 0 Å². The van der Waals surface area contributed by atoms with Gasteiger partial charge in [-0.05, 0) is 47.0 Å². The topological polar surface area (TPSA) is 75.4 Å². The highest BCUT2D eigenvalue weighted by atomic mass is 16.3. The number of hydrogen-bond acceptors (Lipinski definition) is 4. The number of aromatic hydroxyl groups is 2. The van der Waals surface area contributed by atoms with Crippen molar-refractivity contribution in [2.45, 2.75) is 6.54 Å². The first kappa shape index (κ1) is 16.3. The predicted octanol–water partition coefficient (Wildman–Crippen LogP) is 3.76. The Hall–Kier alpha value is -3.86. The smallest absolute Gasteiger partial charge is 0.281 e. The van der Waals surface area contributed by atoms with Crippen LogP contribution >= 0.6 is 0 Å². The molecule has 3 aromatic carbocycles. The maximum absolute atomic E-state index is 12.6. The summed E-state index contributed by atoms with van der Waals surface area (Å²) in [6.45, 7) is 0.622. The first-order valence-electron chi connectivity index (χ1n) is 8.94. The second-order valence-electron chi connectivity index (χ2n) is 6.81. The Labute approximate surface area is 160 Å². The molecule has 0 aliphatic carbocycles. The number of phenols is 2. The number of fused-ring (bicyclic) bond motifs is 4. The number of rotatable bonds is 1. The molecule has 0 amide bonds. The summed E-state index contributed by atoms with van der Waals surface area (Å²) in [6.07, 6.45) is 1.88. The summed E-state index contributed by atoms with van der Waals surface area (Å²) in [5.74, 6) is 0.226. The van der Waals surface area contributed by atoms with Gasteiger partial charge in [0.1, 0.15) is 5.82 Å². The summed E-state index contributed by atoms with van der Waals surface area (Å²) in [5.41, 5.74) is 4.20. The van der Waals surface area contributed by atoms with Gasteiger partial charge < -0.3 is 14.8 Å². The Balaban J connectivity index is 1.83. The van der Waals surface area contributed by atoms with Crippen LogP contribution in [-0.4, -0.2) is 19.8 Å². The van der Waals surface area contributed by atoms with Crippen molar-refractivity contribution >= 4 is 22.6 Å². The molecule has 2 heterocycles. The SMILES string of the molecule is O=c1nc2n(c3ccccc13)Cc1ccccc1C2=Cc1ccc(O)c(O)c1. The first-order valence-corrected chi connectivity index (χ1v) is 8.94. The van der Waals surface area contributed by atoms with Crippen molar-refractivity contribution < 1.29 is 10.2 Å². The van der Waals surface area contributed by atoms with Crippen LogP contribution in [0.3, 0.4) is 0 Å². The monoisotopic (exact) mass is 368 g/mol. The predicted molar refractivity (Wildman–Crippen MR) is 108 cm³/mol. The lowest BCUT2D eigenvalue weighted by Gasteiger charge is -2.25. The summed E-state index contributed by atoms with van der Waals surface area (Å²) >= 11 is 0. The minimum atomic E-state index is -0.263. The molecule has 28 heavy (non-hydrogen) atoms. The van der Waals surface area contributed by atoms with E-state index in [1.54, 1.807) is 12.1 Å². The van der Waals surface area contributed by atoms with Gasteiger partial charge in [-0.15, -0.1) is 0 Å². The maximum atomic E-state index is 12.6. The Morgan fingerprint density at radius 2 is 1.71 bits per heavy atom. The van der Waals surface area contributed by atoms with Gasteiger partial charge >= 0.3 is 0 Å². The second kappa shape index (κ2) is 6.09. The Morgan fingerprint density at radius 3 is 2.57 bits per heavy atom. The van der Waals surface area contributed by atoms with Crippen molar-refractivity contribution in [1.29, 1.82) is 0 Å². The van der Waals surface area contributed by atoms with Crippen LogP contribution in [0.4, 0.5) is 0 Å². The third-order valence-electron chi connectivity index (χ3n) is 5.08. The molecule has 0 saturated carbocycles. The van der Waals surface area contributed by atoms with Gasteiger partial charge in [0.25, 0.3) is 5.56 Å². The van der Waals surface area contributed by atoms with E-state index in [4.69, 9.17) is 0 Å². The average Bonchev–Trinajstić information content (AvgIpc) is 2.71. The molecule has 1 aliphatic rings. The Bertz CT molecular complexity index is 1340. The van der Waals surface area contributed by atoms with E-state index in [1.807, 2.05) is 47.0 Å². The van der Waals surface area contributed by atoms with Crippen LogP contribution in [0.2, 0.25) is 0 Å². The van der Waals surface area contributed by atoms with E-state index in [-0.39, 0.29) is 17.1 Å². The van der Waals surface area contributed by atoms with Crippen LogP contribution in [0.1, 0.15) is 22.5 Å². The van der Waals surface area contributed by atoms with E-state index < -0.39 is 0 Å². The summed E-state index contributed by atoms with van der Waals surface area (Å²) in [6, 6.07) is 20.1. The van der Waals surface area contributed by atoms with Crippen LogP contribution in [0.15, 0.2) is 71.5 Å². The van der Waals surface area contributed by atoms with Crippen molar-refractivity contribution in [3.05, 3.63) is 99.6 Å². The molecule has 0 fully saturated rings. The van der Waals surface area contributed by atoms with Crippen molar-refractivity contribution in [2.24, 2.45) is 0 Å². The highest BCUT2D eigenvalue weighted by Gasteiger charge is 2.23. The quantitative estimate of drug-likeness (QED) is 0.442. The van der Waals surface area contributed by atoms with Crippen molar-refractivity contribution in [2.75, 3.05) is 0 Å². The molecule has 0 bridgehead atoms. The molecule has 5 rings (SSSR count). The molecule has 5 heteroatoms. The number of phenolic OH excluding ortho intramolecular Hbond substituents is 2. The zero-order valence-corrected chi connectivity index (χ0v) is 14.8. The molecule has 5 nitrogen and oxygen atoms in total. The Morgan fingerprint density at radius 1 is 0.929 bits per heavy atom. The minimum Gasteiger partial charge on any atom is -0.504 e. The summed E-state index contributed by atoms with van der Waals surface area (Å²) in [5, 5.41) is 20.0. The van der Waals surface area contributed by atoms with E-state index in [0.717, 1.165) is 22.2 Å². The molecule has 136 valence electrons. The van der Waals surface area contributed by atoms with Gasteiger partial charge in [0.15, 0.2) is 11.5 Å². The third-order valence-corrected chi connectivity index (χ3v) is 5.08.